The van der Waals surface area contributed by atoms with E-state index >= 15 is 0 Å². The van der Waals surface area contributed by atoms with Crippen LogP contribution in [0.3, 0.4) is 0 Å². The first-order chi connectivity index (χ1) is 7.27. The molecule has 1 aliphatic heterocycles. The number of aryl methyl sites for hydroxylation is 1. The van der Waals surface area contributed by atoms with Crippen molar-refractivity contribution >= 4 is 11.8 Å². The van der Waals surface area contributed by atoms with Gasteiger partial charge in [-0.25, -0.2) is 4.98 Å². The molecule has 3 nitrogen and oxygen atoms in total. The Morgan fingerprint density at radius 1 is 1.53 bits per heavy atom. The van der Waals surface area contributed by atoms with Crippen LogP contribution in [-0.2, 0) is 7.05 Å². The summed E-state index contributed by atoms with van der Waals surface area (Å²) in [6, 6.07) is 0.803. The Hall–Kier alpha value is -0.480. The van der Waals surface area contributed by atoms with E-state index in [1.54, 1.807) is 0 Å². The fraction of sp³-hybridized carbons (Fsp3) is 0.727. The molecule has 1 aliphatic rings. The Kier molecular flexibility index (Phi) is 3.70. The van der Waals surface area contributed by atoms with Gasteiger partial charge >= 0.3 is 0 Å². The van der Waals surface area contributed by atoms with Gasteiger partial charge in [0, 0.05) is 31.2 Å². The highest BCUT2D eigenvalue weighted by atomic mass is 32.2. The van der Waals surface area contributed by atoms with Crippen molar-refractivity contribution in [2.45, 2.75) is 30.5 Å². The molecule has 1 unspecified atom stereocenters. The minimum absolute atomic E-state index is 0.803. The predicted octanol–water partition coefficient (Wildman–Crippen LogP) is 2.00. The smallest absolute Gasteiger partial charge is 0.167 e. The Morgan fingerprint density at radius 2 is 2.40 bits per heavy atom. The second-order valence-electron chi connectivity index (χ2n) is 4.23. The van der Waals surface area contributed by atoms with Crippen LogP contribution in [0.25, 0.3) is 0 Å². The molecule has 1 saturated heterocycles. The molecule has 0 radical (unpaired) electrons. The van der Waals surface area contributed by atoms with E-state index in [0.29, 0.717) is 0 Å². The minimum atomic E-state index is 0.803. The van der Waals surface area contributed by atoms with Crippen molar-refractivity contribution in [3.05, 3.63) is 12.4 Å². The monoisotopic (exact) mass is 225 g/mol. The van der Waals surface area contributed by atoms with E-state index < -0.39 is 0 Å². The lowest BCUT2D eigenvalue weighted by molar-refractivity contribution is 0.305. The highest BCUT2D eigenvalue weighted by Gasteiger charge is 2.20. The van der Waals surface area contributed by atoms with E-state index in [1.807, 2.05) is 24.2 Å². The molecule has 0 N–H and O–H groups in total. The van der Waals surface area contributed by atoms with Gasteiger partial charge in [-0.2, -0.15) is 0 Å². The van der Waals surface area contributed by atoms with Gasteiger partial charge in [0.15, 0.2) is 5.16 Å². The first kappa shape index (κ1) is 11.0. The summed E-state index contributed by atoms with van der Waals surface area (Å²) in [4.78, 5) is 6.80. The summed E-state index contributed by atoms with van der Waals surface area (Å²) < 4.78 is 2.09. The largest absolute Gasteiger partial charge is 0.329 e. The van der Waals surface area contributed by atoms with Crippen LogP contribution >= 0.6 is 11.8 Å². The molecule has 1 aromatic heterocycles. The van der Waals surface area contributed by atoms with Crippen molar-refractivity contribution in [3.63, 3.8) is 0 Å². The maximum atomic E-state index is 4.31. The maximum Gasteiger partial charge on any atom is 0.167 e. The van der Waals surface area contributed by atoms with Gasteiger partial charge in [0.25, 0.3) is 0 Å². The zero-order valence-corrected chi connectivity index (χ0v) is 10.3. The number of likely N-dealkylation sites (tertiary alicyclic amines) is 1. The quantitative estimate of drug-likeness (QED) is 0.731. The van der Waals surface area contributed by atoms with Crippen LogP contribution in [0.1, 0.15) is 19.3 Å². The molecule has 0 saturated carbocycles. The lowest BCUT2D eigenvalue weighted by atomic mass is 10.2. The molecule has 0 spiro atoms. The molecule has 0 aromatic carbocycles. The van der Waals surface area contributed by atoms with Gasteiger partial charge in [-0.15, -0.1) is 0 Å². The first-order valence-corrected chi connectivity index (χ1v) is 6.56. The maximum absolute atomic E-state index is 4.31. The van der Waals surface area contributed by atoms with Gasteiger partial charge < -0.3 is 9.47 Å². The second-order valence-corrected chi connectivity index (χ2v) is 5.30. The van der Waals surface area contributed by atoms with Crippen molar-refractivity contribution in [2.75, 3.05) is 19.3 Å². The number of aromatic nitrogens is 2. The molecule has 4 heteroatoms. The Morgan fingerprint density at radius 3 is 3.00 bits per heavy atom. The Bertz CT molecular complexity index is 311. The summed E-state index contributed by atoms with van der Waals surface area (Å²) in [6.07, 6.45) is 7.90. The average Bonchev–Trinajstić information content (AvgIpc) is 2.78. The minimum Gasteiger partial charge on any atom is -0.329 e. The van der Waals surface area contributed by atoms with E-state index in [2.05, 4.69) is 28.5 Å². The van der Waals surface area contributed by atoms with Gasteiger partial charge in [0.1, 0.15) is 0 Å². The number of nitrogens with zero attached hydrogens (tertiary/aromatic N) is 3. The van der Waals surface area contributed by atoms with Crippen molar-refractivity contribution in [1.82, 2.24) is 14.5 Å². The summed E-state index contributed by atoms with van der Waals surface area (Å²) in [6.45, 7) is 1.28. The number of hydrogen-bond acceptors (Lipinski definition) is 3. The number of hydrogen-bond donors (Lipinski definition) is 0. The molecule has 1 atom stereocenters. The van der Waals surface area contributed by atoms with Crippen molar-refractivity contribution in [1.29, 1.82) is 0 Å². The zero-order chi connectivity index (χ0) is 10.7. The van der Waals surface area contributed by atoms with Gasteiger partial charge in [0.05, 0.1) is 0 Å². The van der Waals surface area contributed by atoms with Crippen LogP contribution in [0.5, 0.6) is 0 Å². The molecule has 0 aliphatic carbocycles. The summed E-state index contributed by atoms with van der Waals surface area (Å²) in [7, 11) is 4.29. The fourth-order valence-electron chi connectivity index (χ4n) is 2.12. The van der Waals surface area contributed by atoms with Crippen LogP contribution in [0.15, 0.2) is 17.6 Å². The predicted molar refractivity (Wildman–Crippen MR) is 64.2 cm³/mol. The number of imidazole rings is 1. The molecule has 84 valence electrons. The van der Waals surface area contributed by atoms with E-state index in [4.69, 9.17) is 0 Å². The summed E-state index contributed by atoms with van der Waals surface area (Å²) in [5, 5.41) is 1.13. The molecular formula is C11H19N3S. The van der Waals surface area contributed by atoms with Crippen molar-refractivity contribution in [3.8, 4) is 0 Å². The number of thioether (sulfide) groups is 1. The molecule has 15 heavy (non-hydrogen) atoms. The Labute approximate surface area is 95.9 Å². The highest BCUT2D eigenvalue weighted by molar-refractivity contribution is 7.99. The lowest BCUT2D eigenvalue weighted by Gasteiger charge is -2.18. The van der Waals surface area contributed by atoms with Gasteiger partial charge in [0.2, 0.25) is 0 Å². The Balaban J connectivity index is 1.73. The van der Waals surface area contributed by atoms with Crippen LogP contribution in [0.4, 0.5) is 0 Å². The molecule has 1 fully saturated rings. The molecular weight excluding hydrogens is 206 g/mol. The summed E-state index contributed by atoms with van der Waals surface area (Å²) in [5.41, 5.74) is 0. The fourth-order valence-corrected chi connectivity index (χ4v) is 3.09. The third-order valence-electron chi connectivity index (χ3n) is 3.13. The topological polar surface area (TPSA) is 21.1 Å². The number of rotatable bonds is 4. The van der Waals surface area contributed by atoms with Crippen LogP contribution in [-0.4, -0.2) is 39.8 Å². The van der Waals surface area contributed by atoms with E-state index in [0.717, 1.165) is 11.2 Å². The van der Waals surface area contributed by atoms with Gasteiger partial charge in [-0.3, -0.25) is 0 Å². The van der Waals surface area contributed by atoms with Crippen molar-refractivity contribution in [2.24, 2.45) is 7.05 Å². The SMILES string of the molecule is CN1CCCC1CCSc1nccn1C. The van der Waals surface area contributed by atoms with Crippen LogP contribution in [0.2, 0.25) is 0 Å². The lowest BCUT2D eigenvalue weighted by Crippen LogP contribution is -2.25. The van der Waals surface area contributed by atoms with Crippen LogP contribution < -0.4 is 0 Å². The van der Waals surface area contributed by atoms with E-state index in [1.165, 1.54) is 31.6 Å². The third kappa shape index (κ3) is 2.75. The molecule has 0 amide bonds. The van der Waals surface area contributed by atoms with Gasteiger partial charge in [-0.05, 0) is 32.9 Å². The second kappa shape index (κ2) is 5.03. The van der Waals surface area contributed by atoms with E-state index in [9.17, 15) is 0 Å². The standard InChI is InChI=1S/C11H19N3S/c1-13-7-3-4-10(13)5-9-15-11-12-6-8-14(11)2/h6,8,10H,3-5,7,9H2,1-2H3. The normalized spacial score (nSPS) is 22.4. The summed E-state index contributed by atoms with van der Waals surface area (Å²) in [5.74, 6) is 1.18. The molecule has 1 aromatic rings. The molecule has 0 bridgehead atoms. The first-order valence-electron chi connectivity index (χ1n) is 5.58. The molecule has 2 heterocycles. The average molecular weight is 225 g/mol. The summed E-state index contributed by atoms with van der Waals surface area (Å²) >= 11 is 1.87. The van der Waals surface area contributed by atoms with E-state index in [-0.39, 0.29) is 0 Å². The molecule has 2 rings (SSSR count). The zero-order valence-electron chi connectivity index (χ0n) is 9.52. The van der Waals surface area contributed by atoms with Crippen molar-refractivity contribution < 1.29 is 0 Å². The highest BCUT2D eigenvalue weighted by Crippen LogP contribution is 2.22. The third-order valence-corrected chi connectivity index (χ3v) is 4.22. The van der Waals surface area contributed by atoms with Gasteiger partial charge in [-0.1, -0.05) is 11.8 Å². The van der Waals surface area contributed by atoms with Crippen LogP contribution in [0, 0.1) is 0 Å².